The van der Waals surface area contributed by atoms with Gasteiger partial charge in [0.1, 0.15) is 5.82 Å². The third-order valence-corrected chi connectivity index (χ3v) is 5.96. The largest absolute Gasteiger partial charge is 0.505 e. The Hall–Kier alpha value is -2.89. The fourth-order valence-electron chi connectivity index (χ4n) is 4.44. The molecule has 0 atom stereocenters. The summed E-state index contributed by atoms with van der Waals surface area (Å²) in [4.78, 5) is 11.3. The fraction of sp³-hybridized carbons (Fsp3) is 0.348. The average Bonchev–Trinajstić information content (AvgIpc) is 2.90. The maximum atomic E-state index is 14.3. The standard InChI is InChI=1S/C23H23F2NO3/c1-11(2)22-21(13-7-14(8-13)23(28)29)16-9-20(27)18(25)10-19(16)26(22)15-4-5-17(24)12(3)6-15/h4-6,9-11,13-14,27H,7-8H2,1-3H3,(H,28,29)/t13-,14-. The predicted molar refractivity (Wildman–Crippen MR) is 107 cm³/mol. The highest BCUT2D eigenvalue weighted by Gasteiger charge is 2.39. The molecule has 1 aromatic heterocycles. The number of aromatic nitrogens is 1. The number of fused-ring (bicyclic) bond motifs is 1. The zero-order chi connectivity index (χ0) is 21.0. The first kappa shape index (κ1) is 19.4. The van der Waals surface area contributed by atoms with E-state index >= 15 is 0 Å². The minimum Gasteiger partial charge on any atom is -0.505 e. The van der Waals surface area contributed by atoms with Crippen LogP contribution in [0.2, 0.25) is 0 Å². The van der Waals surface area contributed by atoms with Crippen LogP contribution in [0.5, 0.6) is 5.75 Å². The number of carbonyl (C=O) groups is 1. The van der Waals surface area contributed by atoms with E-state index in [1.54, 1.807) is 19.1 Å². The lowest BCUT2D eigenvalue weighted by Gasteiger charge is -2.34. The maximum Gasteiger partial charge on any atom is 0.306 e. The van der Waals surface area contributed by atoms with E-state index in [0.717, 1.165) is 11.3 Å². The second-order valence-corrected chi connectivity index (χ2v) is 8.25. The van der Waals surface area contributed by atoms with Gasteiger partial charge in [0.05, 0.1) is 11.4 Å². The molecule has 4 rings (SSSR count). The van der Waals surface area contributed by atoms with Crippen molar-refractivity contribution in [2.45, 2.75) is 45.4 Å². The van der Waals surface area contributed by atoms with Gasteiger partial charge >= 0.3 is 5.97 Å². The molecule has 1 saturated carbocycles. The first-order valence-electron chi connectivity index (χ1n) is 9.75. The number of rotatable bonds is 4. The molecule has 1 fully saturated rings. The van der Waals surface area contributed by atoms with Crippen molar-refractivity contribution in [2.24, 2.45) is 5.92 Å². The van der Waals surface area contributed by atoms with Gasteiger partial charge in [-0.1, -0.05) is 13.8 Å². The first-order chi connectivity index (χ1) is 13.7. The van der Waals surface area contributed by atoms with Gasteiger partial charge < -0.3 is 14.8 Å². The Balaban J connectivity index is 2.01. The van der Waals surface area contributed by atoms with Gasteiger partial charge in [0.2, 0.25) is 0 Å². The summed E-state index contributed by atoms with van der Waals surface area (Å²) >= 11 is 0. The van der Waals surface area contributed by atoms with Gasteiger partial charge in [-0.05, 0) is 67.0 Å². The number of aliphatic carboxylic acids is 1. The Kier molecular flexibility index (Phi) is 4.60. The van der Waals surface area contributed by atoms with E-state index in [1.165, 1.54) is 18.2 Å². The molecule has 0 spiro atoms. The molecule has 2 N–H and O–H groups in total. The number of phenols is 1. The molecule has 0 saturated heterocycles. The summed E-state index contributed by atoms with van der Waals surface area (Å²) in [6, 6.07) is 7.48. The van der Waals surface area contributed by atoms with Gasteiger partial charge in [-0.3, -0.25) is 4.79 Å². The number of hydrogen-bond donors (Lipinski definition) is 2. The van der Waals surface area contributed by atoms with Crippen LogP contribution in [0.25, 0.3) is 16.6 Å². The van der Waals surface area contributed by atoms with Crippen molar-refractivity contribution >= 4 is 16.9 Å². The molecule has 0 amide bonds. The first-order valence-corrected chi connectivity index (χ1v) is 9.75. The highest BCUT2D eigenvalue weighted by atomic mass is 19.1. The minimum absolute atomic E-state index is 0.0173. The number of phenolic OH excluding ortho intramolecular Hbond substituents is 1. The SMILES string of the molecule is Cc1cc(-n2c(C(C)C)c([C@H]3C[C@H](C(=O)O)C3)c3cc(O)c(F)cc32)ccc1F. The highest BCUT2D eigenvalue weighted by molar-refractivity contribution is 5.90. The number of aryl methyl sites for hydroxylation is 1. The molecule has 1 aliphatic carbocycles. The minimum atomic E-state index is -0.806. The molecule has 152 valence electrons. The third kappa shape index (κ3) is 3.07. The molecule has 1 heterocycles. The van der Waals surface area contributed by atoms with Gasteiger partial charge in [0, 0.05) is 22.8 Å². The van der Waals surface area contributed by atoms with E-state index in [-0.39, 0.29) is 23.6 Å². The summed E-state index contributed by atoms with van der Waals surface area (Å²) in [7, 11) is 0. The summed E-state index contributed by atoms with van der Waals surface area (Å²) in [5.74, 6) is -2.60. The Morgan fingerprint density at radius 2 is 1.83 bits per heavy atom. The number of aromatic hydroxyl groups is 1. The summed E-state index contributed by atoms with van der Waals surface area (Å²) in [6.45, 7) is 5.72. The molecule has 29 heavy (non-hydrogen) atoms. The summed E-state index contributed by atoms with van der Waals surface area (Å²) < 4.78 is 30.1. The maximum absolute atomic E-state index is 14.3. The zero-order valence-electron chi connectivity index (χ0n) is 16.5. The molecule has 2 aromatic carbocycles. The van der Waals surface area contributed by atoms with E-state index in [1.807, 2.05) is 18.4 Å². The van der Waals surface area contributed by atoms with Gasteiger partial charge in [0.15, 0.2) is 11.6 Å². The Morgan fingerprint density at radius 1 is 1.14 bits per heavy atom. The average molecular weight is 399 g/mol. The van der Waals surface area contributed by atoms with Crippen molar-refractivity contribution in [2.75, 3.05) is 0 Å². The normalized spacial score (nSPS) is 19.0. The molecule has 0 aliphatic heterocycles. The number of carboxylic acids is 1. The molecule has 4 nitrogen and oxygen atoms in total. The van der Waals surface area contributed by atoms with Crippen LogP contribution in [0, 0.1) is 24.5 Å². The van der Waals surface area contributed by atoms with Gasteiger partial charge in [-0.2, -0.15) is 0 Å². The van der Waals surface area contributed by atoms with Crippen molar-refractivity contribution in [3.63, 3.8) is 0 Å². The molecule has 0 radical (unpaired) electrons. The van der Waals surface area contributed by atoms with Crippen molar-refractivity contribution in [1.82, 2.24) is 4.57 Å². The van der Waals surface area contributed by atoms with E-state index in [9.17, 15) is 23.8 Å². The number of halogens is 2. The smallest absolute Gasteiger partial charge is 0.306 e. The van der Waals surface area contributed by atoms with E-state index in [0.29, 0.717) is 35.0 Å². The van der Waals surface area contributed by atoms with Crippen LogP contribution < -0.4 is 0 Å². The van der Waals surface area contributed by atoms with Crippen LogP contribution in [0.15, 0.2) is 30.3 Å². The van der Waals surface area contributed by atoms with Crippen molar-refractivity contribution < 1.29 is 23.8 Å². The van der Waals surface area contributed by atoms with Crippen LogP contribution in [0.1, 0.15) is 55.3 Å². The molecule has 1 aliphatic rings. The summed E-state index contributed by atoms with van der Waals surface area (Å²) in [5.41, 5.74) is 3.66. The van der Waals surface area contributed by atoms with Crippen LogP contribution in [-0.4, -0.2) is 20.7 Å². The zero-order valence-corrected chi connectivity index (χ0v) is 16.5. The van der Waals surface area contributed by atoms with Crippen LogP contribution >= 0.6 is 0 Å². The Labute approximate surface area is 167 Å². The van der Waals surface area contributed by atoms with Crippen LogP contribution in [0.3, 0.4) is 0 Å². The van der Waals surface area contributed by atoms with Gasteiger partial charge in [-0.15, -0.1) is 0 Å². The summed E-state index contributed by atoms with van der Waals surface area (Å²) in [5, 5.41) is 20.0. The number of benzene rings is 2. The van der Waals surface area contributed by atoms with Gasteiger partial charge in [-0.25, -0.2) is 8.78 Å². The van der Waals surface area contributed by atoms with Crippen LogP contribution in [-0.2, 0) is 4.79 Å². The number of carboxylic acid groups (broad SMARTS) is 1. The highest BCUT2D eigenvalue weighted by Crippen LogP contribution is 2.49. The fourth-order valence-corrected chi connectivity index (χ4v) is 4.44. The Morgan fingerprint density at radius 3 is 2.41 bits per heavy atom. The molecule has 0 bridgehead atoms. The summed E-state index contributed by atoms with van der Waals surface area (Å²) in [6.07, 6.45) is 1.02. The molecular formula is C23H23F2NO3. The number of nitrogens with zero attached hydrogens (tertiary/aromatic N) is 1. The van der Waals surface area contributed by atoms with Crippen molar-refractivity contribution in [3.8, 4) is 11.4 Å². The lowest BCUT2D eigenvalue weighted by atomic mass is 9.70. The van der Waals surface area contributed by atoms with Crippen molar-refractivity contribution in [1.29, 1.82) is 0 Å². The topological polar surface area (TPSA) is 62.5 Å². The van der Waals surface area contributed by atoms with Gasteiger partial charge in [0.25, 0.3) is 0 Å². The quantitative estimate of drug-likeness (QED) is 0.598. The molecule has 6 heteroatoms. The third-order valence-electron chi connectivity index (χ3n) is 5.96. The molecular weight excluding hydrogens is 376 g/mol. The monoisotopic (exact) mass is 399 g/mol. The van der Waals surface area contributed by atoms with E-state index in [2.05, 4.69) is 0 Å². The lowest BCUT2D eigenvalue weighted by Crippen LogP contribution is -2.29. The molecule has 0 unspecified atom stereocenters. The number of hydrogen-bond acceptors (Lipinski definition) is 2. The van der Waals surface area contributed by atoms with E-state index < -0.39 is 17.5 Å². The second-order valence-electron chi connectivity index (χ2n) is 8.25. The Bertz CT molecular complexity index is 1130. The second kappa shape index (κ2) is 6.87. The van der Waals surface area contributed by atoms with Crippen LogP contribution in [0.4, 0.5) is 8.78 Å². The van der Waals surface area contributed by atoms with Crippen molar-refractivity contribution in [3.05, 3.63) is 58.8 Å². The predicted octanol–water partition coefficient (Wildman–Crippen LogP) is 5.62. The lowest BCUT2D eigenvalue weighted by molar-refractivity contribution is -0.145. The van der Waals surface area contributed by atoms with E-state index in [4.69, 9.17) is 0 Å². The molecule has 3 aromatic rings.